The van der Waals surface area contributed by atoms with E-state index in [4.69, 9.17) is 0 Å². The Labute approximate surface area is 106 Å². The van der Waals surface area contributed by atoms with Gasteiger partial charge in [-0.05, 0) is 25.7 Å². The first-order valence-electron chi connectivity index (χ1n) is 5.69. The average molecular weight is 244 g/mol. The first kappa shape index (κ1) is 12.3. The van der Waals surface area contributed by atoms with Gasteiger partial charge < -0.3 is 10.2 Å². The third-order valence-electron chi connectivity index (χ3n) is 2.51. The number of carbonyl (C=O) groups is 1. The first-order chi connectivity index (χ1) is 8.66. The molecule has 0 radical (unpaired) electrons. The number of nitrogens with zero attached hydrogens (tertiary/aromatic N) is 2. The summed E-state index contributed by atoms with van der Waals surface area (Å²) in [5.41, 5.74) is 2.44. The van der Waals surface area contributed by atoms with Crippen molar-refractivity contribution in [1.29, 1.82) is 0 Å². The maximum absolute atomic E-state index is 11.9. The molecule has 2 aromatic rings. The number of rotatable bonds is 4. The molecule has 1 aromatic carbocycles. The van der Waals surface area contributed by atoms with Crippen molar-refractivity contribution in [3.05, 3.63) is 47.8 Å². The van der Waals surface area contributed by atoms with Gasteiger partial charge in [0, 0.05) is 18.4 Å². The molecule has 0 spiro atoms. The van der Waals surface area contributed by atoms with E-state index in [1.165, 1.54) is 6.20 Å². The molecule has 0 bridgehead atoms. The number of aromatic amines is 1. The van der Waals surface area contributed by atoms with E-state index in [0.29, 0.717) is 5.56 Å². The lowest BCUT2D eigenvalue weighted by atomic mass is 10.1. The van der Waals surface area contributed by atoms with E-state index >= 15 is 0 Å². The third-order valence-corrected chi connectivity index (χ3v) is 2.51. The summed E-state index contributed by atoms with van der Waals surface area (Å²) in [6.07, 6.45) is 3.08. The van der Waals surface area contributed by atoms with E-state index in [9.17, 15) is 4.79 Å². The summed E-state index contributed by atoms with van der Waals surface area (Å²) in [7, 11) is 3.99. The molecule has 0 saturated carbocycles. The average Bonchev–Trinajstić information content (AvgIpc) is 2.84. The fourth-order valence-electron chi connectivity index (χ4n) is 1.69. The van der Waals surface area contributed by atoms with Gasteiger partial charge in [0.2, 0.25) is 0 Å². The molecule has 0 saturated heterocycles. The summed E-state index contributed by atoms with van der Waals surface area (Å²) in [6, 6.07) is 7.78. The van der Waals surface area contributed by atoms with E-state index in [1.54, 1.807) is 6.20 Å². The van der Waals surface area contributed by atoms with Gasteiger partial charge in [-0.2, -0.15) is 5.10 Å². The highest BCUT2D eigenvalue weighted by molar-refractivity contribution is 6.04. The minimum atomic E-state index is -0.157. The summed E-state index contributed by atoms with van der Waals surface area (Å²) in [4.78, 5) is 14.0. The number of H-pyrrole nitrogens is 1. The Hall–Kier alpha value is -2.14. The summed E-state index contributed by atoms with van der Waals surface area (Å²) >= 11 is 0. The minimum Gasteiger partial charge on any atom is -0.322 e. The smallest absolute Gasteiger partial charge is 0.258 e. The molecule has 94 valence electrons. The highest BCUT2D eigenvalue weighted by Crippen LogP contribution is 2.17. The SMILES string of the molecule is CN(C)Cc1ccccc1NC(=O)c1cn[nH]c1. The Morgan fingerprint density at radius 2 is 2.17 bits per heavy atom. The van der Waals surface area contributed by atoms with Crippen LogP contribution in [-0.4, -0.2) is 35.1 Å². The van der Waals surface area contributed by atoms with Crippen LogP contribution in [-0.2, 0) is 6.54 Å². The van der Waals surface area contributed by atoms with Crippen molar-refractivity contribution in [2.24, 2.45) is 0 Å². The molecular formula is C13H16N4O. The number of nitrogens with one attached hydrogen (secondary N) is 2. The fourth-order valence-corrected chi connectivity index (χ4v) is 1.69. The van der Waals surface area contributed by atoms with Gasteiger partial charge in [-0.1, -0.05) is 18.2 Å². The molecule has 0 fully saturated rings. The molecule has 1 amide bonds. The van der Waals surface area contributed by atoms with Crippen molar-refractivity contribution in [1.82, 2.24) is 15.1 Å². The number of benzene rings is 1. The van der Waals surface area contributed by atoms with Crippen molar-refractivity contribution in [3.8, 4) is 0 Å². The van der Waals surface area contributed by atoms with Gasteiger partial charge in [0.05, 0.1) is 11.8 Å². The van der Waals surface area contributed by atoms with Crippen LogP contribution in [0.25, 0.3) is 0 Å². The minimum absolute atomic E-state index is 0.157. The molecule has 1 heterocycles. The molecule has 0 unspecified atom stereocenters. The monoisotopic (exact) mass is 244 g/mol. The van der Waals surface area contributed by atoms with E-state index < -0.39 is 0 Å². The van der Waals surface area contributed by atoms with Crippen LogP contribution in [0.5, 0.6) is 0 Å². The second kappa shape index (κ2) is 5.46. The van der Waals surface area contributed by atoms with Crippen molar-refractivity contribution in [2.75, 3.05) is 19.4 Å². The highest BCUT2D eigenvalue weighted by Gasteiger charge is 2.09. The predicted molar refractivity (Wildman–Crippen MR) is 70.4 cm³/mol. The molecular weight excluding hydrogens is 228 g/mol. The molecule has 18 heavy (non-hydrogen) atoms. The lowest BCUT2D eigenvalue weighted by Gasteiger charge is -2.14. The van der Waals surface area contributed by atoms with Gasteiger partial charge in [0.15, 0.2) is 0 Å². The number of hydrogen-bond acceptors (Lipinski definition) is 3. The van der Waals surface area contributed by atoms with Crippen LogP contribution < -0.4 is 5.32 Å². The van der Waals surface area contributed by atoms with Gasteiger partial charge in [-0.3, -0.25) is 9.89 Å². The number of hydrogen-bond donors (Lipinski definition) is 2. The third kappa shape index (κ3) is 2.95. The number of amides is 1. The molecule has 2 N–H and O–H groups in total. The van der Waals surface area contributed by atoms with Crippen LogP contribution in [0.3, 0.4) is 0 Å². The van der Waals surface area contributed by atoms with Gasteiger partial charge in [-0.15, -0.1) is 0 Å². The molecule has 1 aromatic heterocycles. The fraction of sp³-hybridized carbons (Fsp3) is 0.231. The summed E-state index contributed by atoms with van der Waals surface area (Å²) in [5, 5.41) is 9.28. The molecule has 5 nitrogen and oxygen atoms in total. The zero-order valence-corrected chi connectivity index (χ0v) is 10.5. The normalized spacial score (nSPS) is 10.6. The molecule has 0 aliphatic carbocycles. The summed E-state index contributed by atoms with van der Waals surface area (Å²) < 4.78 is 0. The van der Waals surface area contributed by atoms with Crippen molar-refractivity contribution in [2.45, 2.75) is 6.54 Å². The van der Waals surface area contributed by atoms with E-state index in [1.807, 2.05) is 38.4 Å². The molecule has 2 rings (SSSR count). The van der Waals surface area contributed by atoms with Crippen molar-refractivity contribution in [3.63, 3.8) is 0 Å². The predicted octanol–water partition coefficient (Wildman–Crippen LogP) is 1.72. The summed E-state index contributed by atoms with van der Waals surface area (Å²) in [6.45, 7) is 0.780. The zero-order valence-electron chi connectivity index (χ0n) is 10.5. The van der Waals surface area contributed by atoms with Crippen LogP contribution in [0, 0.1) is 0 Å². The van der Waals surface area contributed by atoms with Crippen molar-refractivity contribution < 1.29 is 4.79 Å². The van der Waals surface area contributed by atoms with Crippen molar-refractivity contribution >= 4 is 11.6 Å². The Morgan fingerprint density at radius 3 is 2.83 bits per heavy atom. The molecule has 5 heteroatoms. The Balaban J connectivity index is 2.16. The topological polar surface area (TPSA) is 61.0 Å². The Morgan fingerprint density at radius 1 is 1.39 bits per heavy atom. The molecule has 0 atom stereocenters. The lowest BCUT2D eigenvalue weighted by Crippen LogP contribution is -2.16. The Bertz CT molecular complexity index is 520. The molecule has 0 aliphatic rings. The number of anilines is 1. The maximum atomic E-state index is 11.9. The summed E-state index contributed by atoms with van der Waals surface area (Å²) in [5.74, 6) is -0.157. The van der Waals surface area contributed by atoms with Gasteiger partial charge >= 0.3 is 0 Å². The highest BCUT2D eigenvalue weighted by atomic mass is 16.1. The zero-order chi connectivity index (χ0) is 13.0. The van der Waals surface area contributed by atoms with Crippen LogP contribution >= 0.6 is 0 Å². The second-order valence-electron chi connectivity index (χ2n) is 4.34. The maximum Gasteiger partial charge on any atom is 0.258 e. The van der Waals surface area contributed by atoms with Crippen LogP contribution in [0.4, 0.5) is 5.69 Å². The number of aromatic nitrogens is 2. The first-order valence-corrected chi connectivity index (χ1v) is 5.69. The quantitative estimate of drug-likeness (QED) is 0.861. The molecule has 0 aliphatic heterocycles. The second-order valence-corrected chi connectivity index (χ2v) is 4.34. The largest absolute Gasteiger partial charge is 0.322 e. The van der Waals surface area contributed by atoms with Crippen LogP contribution in [0.15, 0.2) is 36.7 Å². The Kier molecular flexibility index (Phi) is 3.74. The standard InChI is InChI=1S/C13H16N4O/c1-17(2)9-10-5-3-4-6-12(10)16-13(18)11-7-14-15-8-11/h3-8H,9H2,1-2H3,(H,14,15)(H,16,18). The van der Waals surface area contributed by atoms with Crippen LogP contribution in [0.2, 0.25) is 0 Å². The van der Waals surface area contributed by atoms with E-state index in [2.05, 4.69) is 20.4 Å². The van der Waals surface area contributed by atoms with Crippen LogP contribution in [0.1, 0.15) is 15.9 Å². The number of para-hydroxylation sites is 1. The number of carbonyl (C=O) groups excluding carboxylic acids is 1. The van der Waals surface area contributed by atoms with E-state index in [0.717, 1.165) is 17.8 Å². The van der Waals surface area contributed by atoms with Gasteiger partial charge in [0.1, 0.15) is 0 Å². The van der Waals surface area contributed by atoms with Gasteiger partial charge in [0.25, 0.3) is 5.91 Å². The lowest BCUT2D eigenvalue weighted by molar-refractivity contribution is 0.102. The van der Waals surface area contributed by atoms with E-state index in [-0.39, 0.29) is 5.91 Å². The van der Waals surface area contributed by atoms with Gasteiger partial charge in [-0.25, -0.2) is 0 Å².